The number of anilines is 1. The van der Waals surface area contributed by atoms with Crippen molar-refractivity contribution in [2.24, 2.45) is 11.8 Å². The van der Waals surface area contributed by atoms with Crippen molar-refractivity contribution >= 4 is 5.69 Å². The number of aliphatic hydroxyl groups is 1. The Balaban J connectivity index is 2.63. The van der Waals surface area contributed by atoms with E-state index in [4.69, 9.17) is 0 Å². The number of aryl methyl sites for hydroxylation is 1. The summed E-state index contributed by atoms with van der Waals surface area (Å²) in [5.74, 6) is 1.14. The summed E-state index contributed by atoms with van der Waals surface area (Å²) in [7, 11) is 0. The Kier molecular flexibility index (Phi) is 5.49. The molecule has 0 radical (unpaired) electrons. The van der Waals surface area contributed by atoms with Gasteiger partial charge in [-0.15, -0.1) is 0 Å². The van der Waals surface area contributed by atoms with Crippen LogP contribution in [0.25, 0.3) is 0 Å². The molecule has 0 heterocycles. The lowest BCUT2D eigenvalue weighted by Crippen LogP contribution is -2.31. The maximum absolute atomic E-state index is 9.48. The number of aliphatic hydroxyl groups excluding tert-OH is 1. The predicted molar refractivity (Wildman–Crippen MR) is 74.3 cm³/mol. The topological polar surface area (TPSA) is 32.3 Å². The summed E-state index contributed by atoms with van der Waals surface area (Å²) in [6.45, 7) is 8.90. The third-order valence-electron chi connectivity index (χ3n) is 3.10. The van der Waals surface area contributed by atoms with E-state index in [1.54, 1.807) is 0 Å². The van der Waals surface area contributed by atoms with E-state index in [1.165, 1.54) is 5.56 Å². The highest BCUT2D eigenvalue weighted by atomic mass is 16.3. The molecular formula is C15H25NO. The van der Waals surface area contributed by atoms with E-state index in [0.717, 1.165) is 12.1 Å². The van der Waals surface area contributed by atoms with Crippen molar-refractivity contribution in [2.45, 2.75) is 40.2 Å². The van der Waals surface area contributed by atoms with Gasteiger partial charge in [0.1, 0.15) is 0 Å². The largest absolute Gasteiger partial charge is 0.394 e. The van der Waals surface area contributed by atoms with Crippen LogP contribution in [0.4, 0.5) is 5.69 Å². The van der Waals surface area contributed by atoms with Gasteiger partial charge in [-0.2, -0.15) is 0 Å². The van der Waals surface area contributed by atoms with Crippen LogP contribution in [-0.2, 0) is 0 Å². The minimum atomic E-state index is 0.138. The Bertz CT molecular complexity index is 335. The van der Waals surface area contributed by atoms with Crippen LogP contribution in [0.1, 0.15) is 32.8 Å². The molecule has 0 aromatic heterocycles. The molecule has 0 spiro atoms. The molecule has 0 aliphatic carbocycles. The fourth-order valence-corrected chi connectivity index (χ4v) is 2.22. The van der Waals surface area contributed by atoms with Gasteiger partial charge >= 0.3 is 0 Å². The second kappa shape index (κ2) is 6.65. The molecule has 1 rings (SSSR count). The first-order valence-electron chi connectivity index (χ1n) is 6.47. The fourth-order valence-electron chi connectivity index (χ4n) is 2.22. The van der Waals surface area contributed by atoms with Crippen LogP contribution in [0.2, 0.25) is 0 Å². The lowest BCUT2D eigenvalue weighted by molar-refractivity contribution is 0.231. The standard InChI is InChI=1S/C15H25NO/c1-11(2)8-13(4)15(10-17)16-14-7-5-6-12(3)9-14/h5-7,9,11,13,15-17H,8,10H2,1-4H3. The van der Waals surface area contributed by atoms with Crippen molar-refractivity contribution in [1.29, 1.82) is 0 Å². The van der Waals surface area contributed by atoms with Crippen molar-refractivity contribution in [3.05, 3.63) is 29.8 Å². The van der Waals surface area contributed by atoms with Gasteiger partial charge in [-0.3, -0.25) is 0 Å². The zero-order chi connectivity index (χ0) is 12.8. The zero-order valence-electron chi connectivity index (χ0n) is 11.4. The molecule has 0 aliphatic heterocycles. The van der Waals surface area contributed by atoms with Crippen LogP contribution in [-0.4, -0.2) is 17.8 Å². The van der Waals surface area contributed by atoms with Gasteiger partial charge in [-0.25, -0.2) is 0 Å². The summed E-state index contributed by atoms with van der Waals surface area (Å²) in [5.41, 5.74) is 2.34. The van der Waals surface area contributed by atoms with Crippen LogP contribution in [0.3, 0.4) is 0 Å². The quantitative estimate of drug-likeness (QED) is 0.791. The van der Waals surface area contributed by atoms with Crippen LogP contribution < -0.4 is 5.32 Å². The molecule has 2 heteroatoms. The highest BCUT2D eigenvalue weighted by Gasteiger charge is 2.17. The molecule has 0 fully saturated rings. The Morgan fingerprint density at radius 3 is 2.47 bits per heavy atom. The molecule has 0 saturated carbocycles. The normalized spacial score (nSPS) is 14.7. The molecule has 2 atom stereocenters. The lowest BCUT2D eigenvalue weighted by Gasteiger charge is -2.25. The van der Waals surface area contributed by atoms with E-state index in [2.05, 4.69) is 51.2 Å². The van der Waals surface area contributed by atoms with Crippen molar-refractivity contribution < 1.29 is 5.11 Å². The Morgan fingerprint density at radius 2 is 1.94 bits per heavy atom. The summed E-state index contributed by atoms with van der Waals surface area (Å²) >= 11 is 0. The second-order valence-electron chi connectivity index (χ2n) is 5.41. The fraction of sp³-hybridized carbons (Fsp3) is 0.600. The highest BCUT2D eigenvalue weighted by molar-refractivity contribution is 5.46. The number of hydrogen-bond donors (Lipinski definition) is 2. The van der Waals surface area contributed by atoms with Crippen LogP contribution >= 0.6 is 0 Å². The number of benzene rings is 1. The molecule has 0 amide bonds. The molecular weight excluding hydrogens is 210 g/mol. The molecule has 2 N–H and O–H groups in total. The molecule has 1 aromatic rings. The molecule has 96 valence electrons. The predicted octanol–water partition coefficient (Wildman–Crippen LogP) is 3.45. The van der Waals surface area contributed by atoms with E-state index in [0.29, 0.717) is 11.8 Å². The zero-order valence-corrected chi connectivity index (χ0v) is 11.4. The summed E-state index contributed by atoms with van der Waals surface area (Å²) in [6.07, 6.45) is 1.13. The number of hydrogen-bond acceptors (Lipinski definition) is 2. The lowest BCUT2D eigenvalue weighted by atomic mass is 9.92. The van der Waals surface area contributed by atoms with Gasteiger partial charge in [0.2, 0.25) is 0 Å². The average molecular weight is 235 g/mol. The first-order valence-corrected chi connectivity index (χ1v) is 6.47. The SMILES string of the molecule is Cc1cccc(NC(CO)C(C)CC(C)C)c1. The first kappa shape index (κ1) is 14.0. The summed E-state index contributed by atoms with van der Waals surface area (Å²) in [4.78, 5) is 0. The van der Waals surface area contributed by atoms with Crippen molar-refractivity contribution in [2.75, 3.05) is 11.9 Å². The van der Waals surface area contributed by atoms with Gasteiger partial charge in [0.25, 0.3) is 0 Å². The van der Waals surface area contributed by atoms with E-state index in [9.17, 15) is 5.11 Å². The average Bonchev–Trinajstić information content (AvgIpc) is 2.24. The molecule has 0 bridgehead atoms. The number of nitrogens with one attached hydrogen (secondary N) is 1. The van der Waals surface area contributed by atoms with E-state index in [-0.39, 0.29) is 12.6 Å². The minimum absolute atomic E-state index is 0.138. The summed E-state index contributed by atoms with van der Waals surface area (Å²) < 4.78 is 0. The smallest absolute Gasteiger partial charge is 0.0635 e. The van der Waals surface area contributed by atoms with Gasteiger partial charge in [-0.1, -0.05) is 32.9 Å². The maximum Gasteiger partial charge on any atom is 0.0635 e. The van der Waals surface area contributed by atoms with Crippen molar-refractivity contribution in [3.63, 3.8) is 0 Å². The summed E-state index contributed by atoms with van der Waals surface area (Å²) in [6, 6.07) is 8.43. The number of rotatable bonds is 6. The summed E-state index contributed by atoms with van der Waals surface area (Å²) in [5, 5.41) is 12.9. The Labute approximate surface area is 105 Å². The molecule has 0 saturated heterocycles. The van der Waals surface area contributed by atoms with Gasteiger partial charge in [0.15, 0.2) is 0 Å². The molecule has 2 unspecified atom stereocenters. The van der Waals surface area contributed by atoms with Crippen LogP contribution in [0.15, 0.2) is 24.3 Å². The second-order valence-corrected chi connectivity index (χ2v) is 5.41. The Morgan fingerprint density at radius 1 is 1.24 bits per heavy atom. The molecule has 0 aliphatic rings. The molecule has 17 heavy (non-hydrogen) atoms. The van der Waals surface area contributed by atoms with Crippen LogP contribution in [0, 0.1) is 18.8 Å². The highest BCUT2D eigenvalue weighted by Crippen LogP contribution is 2.19. The molecule has 1 aromatic carbocycles. The van der Waals surface area contributed by atoms with Gasteiger partial charge in [0, 0.05) is 5.69 Å². The molecule has 2 nitrogen and oxygen atoms in total. The van der Waals surface area contributed by atoms with Gasteiger partial charge < -0.3 is 10.4 Å². The van der Waals surface area contributed by atoms with Gasteiger partial charge in [0.05, 0.1) is 12.6 Å². The Hall–Kier alpha value is -1.02. The van der Waals surface area contributed by atoms with Crippen LogP contribution in [0.5, 0.6) is 0 Å². The maximum atomic E-state index is 9.48. The third kappa shape index (κ3) is 4.78. The first-order chi connectivity index (χ1) is 8.02. The van der Waals surface area contributed by atoms with Crippen molar-refractivity contribution in [1.82, 2.24) is 0 Å². The monoisotopic (exact) mass is 235 g/mol. The van der Waals surface area contributed by atoms with E-state index >= 15 is 0 Å². The van der Waals surface area contributed by atoms with E-state index in [1.807, 2.05) is 6.07 Å². The third-order valence-corrected chi connectivity index (χ3v) is 3.10. The van der Waals surface area contributed by atoms with Crippen molar-refractivity contribution in [3.8, 4) is 0 Å². The van der Waals surface area contributed by atoms with Gasteiger partial charge in [-0.05, 0) is 42.9 Å². The van der Waals surface area contributed by atoms with E-state index < -0.39 is 0 Å². The minimum Gasteiger partial charge on any atom is -0.394 e.